The summed E-state index contributed by atoms with van der Waals surface area (Å²) < 4.78 is 5.66. The number of halogens is 3. The van der Waals surface area contributed by atoms with Crippen molar-refractivity contribution >= 4 is 46.3 Å². The molecule has 1 aromatic heterocycles. The lowest BCUT2D eigenvalue weighted by atomic mass is 9.80. The molecule has 6 rings (SSSR count). The molecule has 192 valence electrons. The van der Waals surface area contributed by atoms with E-state index in [1.807, 2.05) is 48.5 Å². The van der Waals surface area contributed by atoms with E-state index in [0.717, 1.165) is 22.7 Å². The monoisotopic (exact) mass is 563 g/mol. The van der Waals surface area contributed by atoms with Gasteiger partial charge >= 0.3 is 0 Å². The Bertz CT molecular complexity index is 1510. The number of allylic oxidation sites excluding steroid dienone is 1. The average Bonchev–Trinajstić information content (AvgIpc) is 3.40. The minimum atomic E-state index is -0.656. The van der Waals surface area contributed by atoms with Crippen molar-refractivity contribution in [3.8, 4) is 0 Å². The van der Waals surface area contributed by atoms with Crippen LogP contribution < -0.4 is 22.6 Å². The average molecular weight is 565 g/mol. The summed E-state index contributed by atoms with van der Waals surface area (Å²) in [6.45, 7) is 0. The number of nitrogens with one attached hydrogen (secondary N) is 1. The van der Waals surface area contributed by atoms with Crippen LogP contribution in [0.5, 0.6) is 0 Å². The van der Waals surface area contributed by atoms with Crippen LogP contribution in [0.15, 0.2) is 107 Å². The predicted molar refractivity (Wildman–Crippen MR) is 145 cm³/mol. The second-order valence-corrected chi connectivity index (χ2v) is 10.1. The molecule has 38 heavy (non-hydrogen) atoms. The zero-order chi connectivity index (χ0) is 25.5. The van der Waals surface area contributed by atoms with Gasteiger partial charge in [0.25, 0.3) is 5.91 Å². The molecule has 2 atom stereocenters. The number of Topliss-reactive ketones (excluding diaryl/α,β-unsaturated/α-hetero) is 1. The van der Waals surface area contributed by atoms with Crippen molar-refractivity contribution in [1.82, 2.24) is 0 Å². The molecule has 4 aromatic rings. The third-order valence-corrected chi connectivity index (χ3v) is 7.43. The number of para-hydroxylation sites is 2. The summed E-state index contributed by atoms with van der Waals surface area (Å²) in [6.07, 6.45) is 2.50. The van der Waals surface area contributed by atoms with E-state index in [1.165, 1.54) is 0 Å². The molecular weight excluding hydrogens is 543 g/mol. The van der Waals surface area contributed by atoms with Crippen molar-refractivity contribution in [3.63, 3.8) is 0 Å². The van der Waals surface area contributed by atoms with Gasteiger partial charge in [0, 0.05) is 39.2 Å². The zero-order valence-corrected chi connectivity index (χ0v) is 22.3. The minimum absolute atomic E-state index is 0. The summed E-state index contributed by atoms with van der Waals surface area (Å²) >= 11 is 12.3. The molecule has 2 aliphatic rings. The highest BCUT2D eigenvalue weighted by Crippen LogP contribution is 2.48. The van der Waals surface area contributed by atoms with E-state index in [4.69, 9.17) is 27.6 Å². The summed E-state index contributed by atoms with van der Waals surface area (Å²) in [5.74, 6) is 0.416. The van der Waals surface area contributed by atoms with E-state index in [-0.39, 0.29) is 36.4 Å². The number of furan rings is 1. The van der Waals surface area contributed by atoms with Gasteiger partial charge in [-0.2, -0.15) is 0 Å². The number of ketones is 1. The molecule has 5 nitrogen and oxygen atoms in total. The van der Waals surface area contributed by atoms with Gasteiger partial charge in [-0.25, -0.2) is 0 Å². The van der Waals surface area contributed by atoms with Gasteiger partial charge in [-0.3, -0.25) is 14.5 Å². The highest BCUT2D eigenvalue weighted by molar-refractivity contribution is 6.31. The largest absolute Gasteiger partial charge is 1.00 e. The summed E-state index contributed by atoms with van der Waals surface area (Å²) in [5.41, 5.74) is 4.06. The molecule has 0 fully saturated rings. The van der Waals surface area contributed by atoms with Gasteiger partial charge in [0.15, 0.2) is 5.78 Å². The van der Waals surface area contributed by atoms with Crippen LogP contribution >= 0.6 is 23.2 Å². The maximum absolute atomic E-state index is 14.2. The molecule has 1 N–H and O–H groups in total. The first-order chi connectivity index (χ1) is 18.0. The number of nitrogens with zero attached hydrogens (tertiary/aromatic N) is 1. The Kier molecular flexibility index (Phi) is 7.35. The maximum atomic E-state index is 14.2. The summed E-state index contributed by atoms with van der Waals surface area (Å²) in [6, 6.07) is 24.8. The predicted octanol–water partition coefficient (Wildman–Crippen LogP) is 4.80. The molecule has 0 saturated carbocycles. The lowest BCUT2D eigenvalue weighted by molar-refractivity contribution is -0.116. The highest BCUT2D eigenvalue weighted by atomic mass is 35.5. The van der Waals surface area contributed by atoms with Crippen LogP contribution in [-0.4, -0.2) is 11.7 Å². The molecule has 8 heteroatoms. The number of hydrogen-bond donors (Lipinski definition) is 1. The smallest absolute Gasteiger partial charge is 0.259 e. The first-order valence-corrected chi connectivity index (χ1v) is 12.8. The number of carbonyl (C=O) groups is 2. The number of benzene rings is 3. The molecule has 2 unspecified atom stereocenters. The van der Waals surface area contributed by atoms with Crippen molar-refractivity contribution in [2.75, 3.05) is 10.2 Å². The Morgan fingerprint density at radius 1 is 0.868 bits per heavy atom. The molecule has 3 aromatic carbocycles. The van der Waals surface area contributed by atoms with Crippen LogP contribution in [0.25, 0.3) is 0 Å². The van der Waals surface area contributed by atoms with E-state index in [2.05, 4.69) is 5.32 Å². The molecule has 0 spiro atoms. The standard InChI is InChI=1S/C30H22Cl2N2O3.ClH/c31-21-11-7-18(8-12-21)29-28-24(16-20(17-26(28)35)27-6-3-15-37-27)33-23-4-1-2-5-25(23)34(29)30(36)19-9-13-22(32)14-10-19;/h1-15,20,29,33H,16-17H2;1H/p-1. The number of rotatable bonds is 3. The van der Waals surface area contributed by atoms with E-state index >= 15 is 0 Å². The van der Waals surface area contributed by atoms with E-state index in [9.17, 15) is 9.59 Å². The van der Waals surface area contributed by atoms with Gasteiger partial charge in [0.05, 0.1) is 23.7 Å². The van der Waals surface area contributed by atoms with Crippen LogP contribution in [0.1, 0.15) is 46.5 Å². The maximum Gasteiger partial charge on any atom is 0.259 e. The van der Waals surface area contributed by atoms with Crippen molar-refractivity contribution < 1.29 is 26.4 Å². The summed E-state index contributed by atoms with van der Waals surface area (Å²) in [4.78, 5) is 29.8. The summed E-state index contributed by atoms with van der Waals surface area (Å²) in [5, 5.41) is 4.64. The number of amides is 1. The molecule has 1 aliphatic carbocycles. The number of hydrogen-bond acceptors (Lipinski definition) is 4. The van der Waals surface area contributed by atoms with E-state index in [1.54, 1.807) is 47.6 Å². The molecule has 1 aliphatic heterocycles. The Morgan fingerprint density at radius 3 is 2.24 bits per heavy atom. The lowest BCUT2D eigenvalue weighted by Gasteiger charge is -2.35. The molecule has 0 saturated heterocycles. The van der Waals surface area contributed by atoms with Gasteiger partial charge in [-0.05, 0) is 72.6 Å². The molecule has 0 bridgehead atoms. The van der Waals surface area contributed by atoms with Gasteiger partial charge in [-0.1, -0.05) is 47.5 Å². The van der Waals surface area contributed by atoms with Crippen molar-refractivity contribution in [1.29, 1.82) is 0 Å². The second-order valence-electron chi connectivity index (χ2n) is 9.21. The van der Waals surface area contributed by atoms with Crippen LogP contribution in [0.2, 0.25) is 10.0 Å². The van der Waals surface area contributed by atoms with Gasteiger partial charge in [0.1, 0.15) is 5.76 Å². The van der Waals surface area contributed by atoms with Gasteiger partial charge in [0.2, 0.25) is 0 Å². The number of carbonyl (C=O) groups excluding carboxylic acids is 2. The fraction of sp³-hybridized carbons (Fsp3) is 0.133. The van der Waals surface area contributed by atoms with E-state index < -0.39 is 6.04 Å². The van der Waals surface area contributed by atoms with Crippen LogP contribution in [-0.2, 0) is 4.79 Å². The van der Waals surface area contributed by atoms with E-state index in [0.29, 0.717) is 33.3 Å². The van der Waals surface area contributed by atoms with Gasteiger partial charge in [-0.15, -0.1) is 0 Å². The van der Waals surface area contributed by atoms with Crippen molar-refractivity contribution in [2.24, 2.45) is 0 Å². The second kappa shape index (κ2) is 10.7. The van der Waals surface area contributed by atoms with Crippen LogP contribution in [0.3, 0.4) is 0 Å². The van der Waals surface area contributed by atoms with Crippen molar-refractivity contribution in [2.45, 2.75) is 24.8 Å². The fourth-order valence-electron chi connectivity index (χ4n) is 5.23. The normalized spacial score (nSPS) is 18.6. The van der Waals surface area contributed by atoms with Crippen LogP contribution in [0.4, 0.5) is 11.4 Å². The Morgan fingerprint density at radius 2 is 1.55 bits per heavy atom. The third-order valence-electron chi connectivity index (χ3n) is 6.93. The first kappa shape index (κ1) is 26.1. The van der Waals surface area contributed by atoms with Gasteiger partial charge < -0.3 is 22.1 Å². The third kappa shape index (κ3) is 4.73. The fourth-order valence-corrected chi connectivity index (χ4v) is 5.48. The Hall–Kier alpha value is -3.51. The molecule has 1 amide bonds. The lowest BCUT2D eigenvalue weighted by Crippen LogP contribution is -3.00. The number of fused-ring (bicyclic) bond motifs is 1. The minimum Gasteiger partial charge on any atom is -1.00 e. The number of anilines is 2. The molecule has 2 heterocycles. The van der Waals surface area contributed by atoms with Crippen LogP contribution in [0, 0.1) is 0 Å². The first-order valence-electron chi connectivity index (χ1n) is 12.0. The Labute approximate surface area is 236 Å². The Balaban J connectivity index is 0.00000294. The SMILES string of the molecule is O=C1CC(c2ccco2)CC2=C1C(c1ccc(Cl)cc1)N(C(=O)c1ccc(Cl)cc1)c1ccccc1N2.[Cl-]. The van der Waals surface area contributed by atoms with Crippen molar-refractivity contribution in [3.05, 3.63) is 129 Å². The highest BCUT2D eigenvalue weighted by Gasteiger charge is 2.42. The summed E-state index contributed by atoms with van der Waals surface area (Å²) in [7, 11) is 0. The topological polar surface area (TPSA) is 62.6 Å². The quantitative estimate of drug-likeness (QED) is 0.388. The molecular formula is C30H22Cl3N2O3-. The zero-order valence-electron chi connectivity index (χ0n) is 20.0. The molecule has 0 radical (unpaired) electrons.